The fraction of sp³-hybridized carbons (Fsp3) is 0.107. The first-order valence-electron chi connectivity index (χ1n) is 12.2. The largest absolute Gasteiger partial charge is 0.573 e. The van der Waals surface area contributed by atoms with E-state index in [2.05, 4.69) is 24.8 Å². The summed E-state index contributed by atoms with van der Waals surface area (Å²) in [4.78, 5) is 26.7. The maximum atomic E-state index is 14.8. The molecule has 0 aliphatic heterocycles. The van der Waals surface area contributed by atoms with E-state index in [0.29, 0.717) is 5.69 Å². The Bertz CT molecular complexity index is 2020. The lowest BCUT2D eigenvalue weighted by atomic mass is 10.1. The zero-order chi connectivity index (χ0) is 28.9. The standard InChI is InChI=1S/C28H19F4N7O2/c1-15-6-2-3-11-20(15)39-21(36-19-10-5-9-18(29)22(19)27(39)40)13-38-26-23(25(33)34-14-35-26)24(37-38)16-7-4-8-17(12-16)41-28(30,31)32/h2-12,14H,13H2,1H3,(H2,33,34,35). The van der Waals surface area contributed by atoms with E-state index in [1.807, 2.05) is 19.1 Å². The molecule has 0 unspecified atom stereocenters. The fourth-order valence-electron chi connectivity index (χ4n) is 4.72. The number of hydrogen-bond donors (Lipinski definition) is 1. The number of nitrogens with zero attached hydrogens (tertiary/aromatic N) is 6. The van der Waals surface area contributed by atoms with E-state index in [9.17, 15) is 22.4 Å². The van der Waals surface area contributed by atoms with Crippen LogP contribution in [0.2, 0.25) is 0 Å². The summed E-state index contributed by atoms with van der Waals surface area (Å²) in [5.74, 6) is -0.894. The minimum atomic E-state index is -4.89. The Balaban J connectivity index is 1.57. The van der Waals surface area contributed by atoms with Gasteiger partial charge >= 0.3 is 6.36 Å². The molecule has 0 fully saturated rings. The number of aromatic nitrogens is 6. The van der Waals surface area contributed by atoms with Crippen LogP contribution in [-0.4, -0.2) is 35.7 Å². The first-order valence-corrected chi connectivity index (χ1v) is 12.2. The van der Waals surface area contributed by atoms with Gasteiger partial charge in [0.15, 0.2) is 5.65 Å². The summed E-state index contributed by atoms with van der Waals surface area (Å²) in [5.41, 5.74) is 7.66. The Kier molecular flexibility index (Phi) is 6.13. The molecule has 2 N–H and O–H groups in total. The first-order chi connectivity index (χ1) is 19.6. The van der Waals surface area contributed by atoms with Crippen LogP contribution < -0.4 is 16.0 Å². The van der Waals surface area contributed by atoms with E-state index in [1.54, 1.807) is 18.2 Å². The summed E-state index contributed by atoms with van der Waals surface area (Å²) in [5, 5.41) is 4.72. The van der Waals surface area contributed by atoms with Gasteiger partial charge in [0.1, 0.15) is 47.2 Å². The fourth-order valence-corrected chi connectivity index (χ4v) is 4.72. The van der Waals surface area contributed by atoms with Crippen LogP contribution in [-0.2, 0) is 6.54 Å². The predicted octanol–water partition coefficient (Wildman–Crippen LogP) is 5.17. The number of fused-ring (bicyclic) bond motifs is 2. The molecule has 0 saturated carbocycles. The summed E-state index contributed by atoms with van der Waals surface area (Å²) in [6.07, 6.45) is -3.66. The molecule has 0 amide bonds. The molecule has 206 valence electrons. The summed E-state index contributed by atoms with van der Waals surface area (Å²) < 4.78 is 60.2. The van der Waals surface area contributed by atoms with Gasteiger partial charge in [0.05, 0.1) is 16.6 Å². The van der Waals surface area contributed by atoms with Gasteiger partial charge in [0.2, 0.25) is 0 Å². The van der Waals surface area contributed by atoms with Crippen LogP contribution >= 0.6 is 0 Å². The summed E-state index contributed by atoms with van der Waals surface area (Å²) in [7, 11) is 0. The highest BCUT2D eigenvalue weighted by molar-refractivity contribution is 5.98. The number of benzene rings is 3. The number of alkyl halides is 3. The number of rotatable bonds is 5. The van der Waals surface area contributed by atoms with Gasteiger partial charge < -0.3 is 10.5 Å². The molecule has 6 rings (SSSR count). The van der Waals surface area contributed by atoms with Gasteiger partial charge in [0, 0.05) is 5.56 Å². The van der Waals surface area contributed by atoms with Crippen molar-refractivity contribution >= 4 is 27.8 Å². The van der Waals surface area contributed by atoms with E-state index in [1.165, 1.54) is 45.9 Å². The van der Waals surface area contributed by atoms with Gasteiger partial charge in [-0.1, -0.05) is 36.4 Å². The van der Waals surface area contributed by atoms with Gasteiger partial charge in [-0.3, -0.25) is 9.36 Å². The number of nitrogens with two attached hydrogens (primary N) is 1. The van der Waals surface area contributed by atoms with Crippen molar-refractivity contribution in [2.75, 3.05) is 5.73 Å². The second-order valence-corrected chi connectivity index (χ2v) is 9.13. The van der Waals surface area contributed by atoms with Crippen LogP contribution in [0.1, 0.15) is 11.4 Å². The molecule has 0 atom stereocenters. The van der Waals surface area contributed by atoms with E-state index >= 15 is 0 Å². The van der Waals surface area contributed by atoms with Gasteiger partial charge in [0.25, 0.3) is 5.56 Å². The smallest absolute Gasteiger partial charge is 0.406 e. The third-order valence-corrected chi connectivity index (χ3v) is 6.46. The average Bonchev–Trinajstić information content (AvgIpc) is 3.28. The highest BCUT2D eigenvalue weighted by Crippen LogP contribution is 2.33. The number of aryl methyl sites for hydroxylation is 1. The van der Waals surface area contributed by atoms with Gasteiger partial charge in [-0.25, -0.2) is 24.0 Å². The quantitative estimate of drug-likeness (QED) is 0.289. The van der Waals surface area contributed by atoms with Crippen molar-refractivity contribution in [1.29, 1.82) is 0 Å². The normalized spacial score (nSPS) is 11.8. The molecule has 0 aliphatic carbocycles. The minimum Gasteiger partial charge on any atom is -0.406 e. The van der Waals surface area contributed by atoms with Crippen molar-refractivity contribution in [1.82, 2.24) is 29.3 Å². The molecule has 41 heavy (non-hydrogen) atoms. The van der Waals surface area contributed by atoms with Crippen LogP contribution in [0.5, 0.6) is 5.75 Å². The van der Waals surface area contributed by atoms with Gasteiger partial charge in [-0.15, -0.1) is 13.2 Å². The molecule has 3 heterocycles. The van der Waals surface area contributed by atoms with Crippen LogP contribution in [0.3, 0.4) is 0 Å². The topological polar surface area (TPSA) is 114 Å². The van der Waals surface area contributed by atoms with E-state index in [4.69, 9.17) is 5.73 Å². The van der Waals surface area contributed by atoms with Crippen LogP contribution in [0.15, 0.2) is 77.9 Å². The van der Waals surface area contributed by atoms with Crippen LogP contribution in [0.4, 0.5) is 23.4 Å². The number of halogens is 4. The lowest BCUT2D eigenvalue weighted by Crippen LogP contribution is -2.27. The molecule has 0 saturated heterocycles. The Hall–Kier alpha value is -5.33. The number of anilines is 1. The highest BCUT2D eigenvalue weighted by atomic mass is 19.4. The minimum absolute atomic E-state index is 0.0447. The van der Waals surface area contributed by atoms with Crippen LogP contribution in [0, 0.1) is 12.7 Å². The molecule has 0 aliphatic rings. The lowest BCUT2D eigenvalue weighted by molar-refractivity contribution is -0.274. The SMILES string of the molecule is Cc1ccccc1-n1c(Cn2nc(-c3cccc(OC(F)(F)F)c3)c3c(N)ncnc32)nc2cccc(F)c2c1=O. The maximum absolute atomic E-state index is 14.8. The Morgan fingerprint density at radius 1 is 0.976 bits per heavy atom. The molecule has 3 aromatic carbocycles. The molecule has 0 spiro atoms. The third kappa shape index (κ3) is 4.71. The molecule has 9 nitrogen and oxygen atoms in total. The van der Waals surface area contributed by atoms with Crippen molar-refractivity contribution in [3.63, 3.8) is 0 Å². The third-order valence-electron chi connectivity index (χ3n) is 6.46. The van der Waals surface area contributed by atoms with Crippen molar-refractivity contribution in [2.24, 2.45) is 0 Å². The molecule has 0 radical (unpaired) electrons. The highest BCUT2D eigenvalue weighted by Gasteiger charge is 2.31. The van der Waals surface area contributed by atoms with Gasteiger partial charge in [-0.05, 0) is 42.8 Å². The summed E-state index contributed by atoms with van der Waals surface area (Å²) in [6, 6.07) is 16.5. The maximum Gasteiger partial charge on any atom is 0.573 e. The second-order valence-electron chi connectivity index (χ2n) is 9.13. The predicted molar refractivity (Wildman–Crippen MR) is 143 cm³/mol. The summed E-state index contributed by atoms with van der Waals surface area (Å²) in [6.45, 7) is 1.68. The Labute approximate surface area is 228 Å². The van der Waals surface area contributed by atoms with Crippen LogP contribution in [0.25, 0.3) is 38.9 Å². The number of nitrogen functional groups attached to an aromatic ring is 1. The zero-order valence-electron chi connectivity index (χ0n) is 21.2. The zero-order valence-corrected chi connectivity index (χ0v) is 21.2. The number of ether oxygens (including phenoxy) is 1. The van der Waals surface area contributed by atoms with Crippen molar-refractivity contribution in [3.05, 3.63) is 101 Å². The molecule has 13 heteroatoms. The number of para-hydroxylation sites is 1. The van der Waals surface area contributed by atoms with E-state index < -0.39 is 23.5 Å². The molecule has 0 bridgehead atoms. The second kappa shape index (κ2) is 9.70. The Morgan fingerprint density at radius 3 is 2.54 bits per heavy atom. The molecular formula is C28H19F4N7O2. The summed E-state index contributed by atoms with van der Waals surface area (Å²) >= 11 is 0. The number of hydrogen-bond acceptors (Lipinski definition) is 7. The van der Waals surface area contributed by atoms with E-state index in [-0.39, 0.29) is 51.4 Å². The van der Waals surface area contributed by atoms with Crippen molar-refractivity contribution in [3.8, 4) is 22.7 Å². The van der Waals surface area contributed by atoms with Crippen molar-refractivity contribution in [2.45, 2.75) is 19.8 Å². The monoisotopic (exact) mass is 561 g/mol. The van der Waals surface area contributed by atoms with E-state index in [0.717, 1.165) is 11.6 Å². The van der Waals surface area contributed by atoms with Crippen molar-refractivity contribution < 1.29 is 22.3 Å². The van der Waals surface area contributed by atoms with Gasteiger partial charge in [-0.2, -0.15) is 5.10 Å². The molecular weight excluding hydrogens is 542 g/mol. The molecule has 3 aromatic heterocycles. The first kappa shape index (κ1) is 25.9. The average molecular weight is 561 g/mol. The Morgan fingerprint density at radius 2 is 1.76 bits per heavy atom. The lowest BCUT2D eigenvalue weighted by Gasteiger charge is -2.16. The molecule has 6 aromatic rings.